The number of hydrogen-bond acceptors (Lipinski definition) is 7. The van der Waals surface area contributed by atoms with Crippen LogP contribution in [0.3, 0.4) is 0 Å². The second kappa shape index (κ2) is 6.01. The average Bonchev–Trinajstić information content (AvgIpc) is 2.87. The molecule has 0 radical (unpaired) electrons. The smallest absolute Gasteiger partial charge is 0.334 e. The third-order valence-electron chi connectivity index (χ3n) is 7.74. The Kier molecular flexibility index (Phi) is 4.21. The van der Waals surface area contributed by atoms with E-state index in [9.17, 15) is 24.6 Å². The Morgan fingerprint density at radius 2 is 1.93 bits per heavy atom. The summed E-state index contributed by atoms with van der Waals surface area (Å²) >= 11 is 0. The number of allylic oxidation sites excluding steroid dienone is 2. The zero-order chi connectivity index (χ0) is 21.5. The van der Waals surface area contributed by atoms with Gasteiger partial charge >= 0.3 is 11.9 Å². The lowest BCUT2D eigenvalue weighted by atomic mass is 9.42. The van der Waals surface area contributed by atoms with Crippen LogP contribution in [0.5, 0.6) is 0 Å². The second-order valence-electron chi connectivity index (χ2n) is 9.79. The molecule has 0 bridgehead atoms. The van der Waals surface area contributed by atoms with E-state index in [0.717, 1.165) is 0 Å². The number of aliphatic hydroxyl groups excluding tert-OH is 1. The molecule has 1 aliphatic heterocycles. The minimum Gasteiger partial charge on any atom is -0.462 e. The number of rotatable bonds is 1. The van der Waals surface area contributed by atoms with Gasteiger partial charge in [0.25, 0.3) is 0 Å². The van der Waals surface area contributed by atoms with Gasteiger partial charge in [0.2, 0.25) is 0 Å². The standard InChI is InChI=1S/C22H28O7/c1-10-16-12(29-19(10)26)8-14-21(5)15(24)6-7-20(3,4)17(21)13(28-11(2)23)9-22(14,27)18(16)25/h6-7,12-14,17-18,25,27H,8-9H2,1-5H3/t12-,13-,14+,17-,18+,21-,22+/m1/s1. The first-order valence-corrected chi connectivity index (χ1v) is 10.1. The minimum absolute atomic E-state index is 0.0130. The number of carbonyl (C=O) groups is 3. The number of carbonyl (C=O) groups excluding carboxylic acids is 3. The third kappa shape index (κ3) is 2.53. The van der Waals surface area contributed by atoms with E-state index in [1.54, 1.807) is 13.8 Å². The third-order valence-corrected chi connectivity index (χ3v) is 7.74. The lowest BCUT2D eigenvalue weighted by molar-refractivity contribution is -0.244. The number of ether oxygens (including phenoxy) is 2. The number of ketones is 1. The van der Waals surface area contributed by atoms with Crippen molar-refractivity contribution >= 4 is 17.7 Å². The Morgan fingerprint density at radius 3 is 2.55 bits per heavy atom. The fraction of sp³-hybridized carbons (Fsp3) is 0.682. The van der Waals surface area contributed by atoms with Crippen molar-refractivity contribution in [1.29, 1.82) is 0 Å². The van der Waals surface area contributed by atoms with E-state index >= 15 is 0 Å². The SMILES string of the molecule is CC(=O)O[C@@H]1C[C@]2(O)[C@@H](C[C@H]3OC(=O)C(C)=C3[C@@H]2O)[C@]2(C)C(=O)C=CC(C)(C)[C@@H]12. The number of hydrogen-bond donors (Lipinski definition) is 2. The summed E-state index contributed by atoms with van der Waals surface area (Å²) in [6.07, 6.45) is 0.780. The predicted octanol–water partition coefficient (Wildman–Crippen LogP) is 1.46. The van der Waals surface area contributed by atoms with Gasteiger partial charge in [-0.05, 0) is 24.8 Å². The molecule has 0 spiro atoms. The van der Waals surface area contributed by atoms with Crippen molar-refractivity contribution < 1.29 is 34.1 Å². The molecule has 2 fully saturated rings. The van der Waals surface area contributed by atoms with Crippen LogP contribution in [-0.4, -0.2) is 51.8 Å². The van der Waals surface area contributed by atoms with Crippen LogP contribution >= 0.6 is 0 Å². The quantitative estimate of drug-likeness (QED) is 0.637. The van der Waals surface area contributed by atoms with Gasteiger partial charge in [0, 0.05) is 41.7 Å². The average molecular weight is 404 g/mol. The van der Waals surface area contributed by atoms with Gasteiger partial charge in [0.15, 0.2) is 5.78 Å². The van der Waals surface area contributed by atoms with E-state index in [1.807, 2.05) is 19.9 Å². The highest BCUT2D eigenvalue weighted by atomic mass is 16.6. The highest BCUT2D eigenvalue weighted by Crippen LogP contribution is 2.64. The van der Waals surface area contributed by atoms with Gasteiger partial charge in [-0.25, -0.2) is 4.79 Å². The molecule has 2 saturated carbocycles. The maximum atomic E-state index is 13.3. The van der Waals surface area contributed by atoms with E-state index in [0.29, 0.717) is 11.1 Å². The van der Waals surface area contributed by atoms with Crippen molar-refractivity contribution in [3.8, 4) is 0 Å². The minimum atomic E-state index is -1.72. The maximum Gasteiger partial charge on any atom is 0.334 e. The zero-order valence-electron chi connectivity index (χ0n) is 17.4. The second-order valence-corrected chi connectivity index (χ2v) is 9.79. The predicted molar refractivity (Wildman–Crippen MR) is 101 cm³/mol. The van der Waals surface area contributed by atoms with Crippen LogP contribution in [0.2, 0.25) is 0 Å². The van der Waals surface area contributed by atoms with Gasteiger partial charge in [-0.15, -0.1) is 0 Å². The van der Waals surface area contributed by atoms with Crippen LogP contribution in [0.15, 0.2) is 23.3 Å². The number of fused-ring (bicyclic) bond motifs is 4. The molecule has 158 valence electrons. The molecule has 7 nitrogen and oxygen atoms in total. The summed E-state index contributed by atoms with van der Waals surface area (Å²) in [5.74, 6) is -2.25. The van der Waals surface area contributed by atoms with Gasteiger partial charge in [0.1, 0.15) is 23.9 Å². The van der Waals surface area contributed by atoms with Gasteiger partial charge in [-0.3, -0.25) is 9.59 Å². The van der Waals surface area contributed by atoms with Gasteiger partial charge in [-0.1, -0.05) is 26.8 Å². The lowest BCUT2D eigenvalue weighted by Gasteiger charge is -2.63. The first-order chi connectivity index (χ1) is 13.3. The molecule has 4 aliphatic rings. The molecule has 4 rings (SSSR count). The first-order valence-electron chi connectivity index (χ1n) is 10.1. The van der Waals surface area contributed by atoms with Crippen LogP contribution in [-0.2, 0) is 23.9 Å². The van der Waals surface area contributed by atoms with Crippen LogP contribution < -0.4 is 0 Å². The summed E-state index contributed by atoms with van der Waals surface area (Å²) in [7, 11) is 0. The summed E-state index contributed by atoms with van der Waals surface area (Å²) in [4.78, 5) is 37.2. The summed E-state index contributed by atoms with van der Waals surface area (Å²) in [6.45, 7) is 8.60. The maximum absolute atomic E-state index is 13.3. The summed E-state index contributed by atoms with van der Waals surface area (Å²) in [5, 5.41) is 23.0. The lowest BCUT2D eigenvalue weighted by Crippen LogP contribution is -2.71. The monoisotopic (exact) mass is 404 g/mol. The Hall–Kier alpha value is -1.99. The van der Waals surface area contributed by atoms with E-state index in [4.69, 9.17) is 9.47 Å². The summed E-state index contributed by atoms with van der Waals surface area (Å²) in [5.41, 5.74) is -2.63. The molecule has 0 aromatic rings. The molecule has 7 heteroatoms. The molecular weight excluding hydrogens is 376 g/mol. The van der Waals surface area contributed by atoms with Crippen LogP contribution in [0.1, 0.15) is 47.5 Å². The number of esters is 2. The molecule has 0 aromatic carbocycles. The Balaban J connectivity index is 1.90. The Bertz CT molecular complexity index is 868. The van der Waals surface area contributed by atoms with Gasteiger partial charge < -0.3 is 19.7 Å². The normalized spacial score (nSPS) is 45.3. The summed E-state index contributed by atoms with van der Waals surface area (Å²) in [6, 6.07) is 0. The van der Waals surface area contributed by atoms with E-state index in [1.165, 1.54) is 13.0 Å². The van der Waals surface area contributed by atoms with Crippen molar-refractivity contribution in [3.05, 3.63) is 23.3 Å². The van der Waals surface area contributed by atoms with Crippen LogP contribution in [0.4, 0.5) is 0 Å². The molecule has 1 heterocycles. The molecule has 3 aliphatic carbocycles. The fourth-order valence-electron chi connectivity index (χ4n) is 6.61. The van der Waals surface area contributed by atoms with Gasteiger partial charge in [-0.2, -0.15) is 0 Å². The molecule has 0 amide bonds. The van der Waals surface area contributed by atoms with Crippen LogP contribution in [0.25, 0.3) is 0 Å². The van der Waals surface area contributed by atoms with E-state index in [-0.39, 0.29) is 18.6 Å². The first kappa shape index (κ1) is 20.3. The molecule has 2 N–H and O–H groups in total. The van der Waals surface area contributed by atoms with Crippen molar-refractivity contribution in [3.63, 3.8) is 0 Å². The molecule has 0 saturated heterocycles. The highest BCUT2D eigenvalue weighted by molar-refractivity contribution is 5.97. The summed E-state index contributed by atoms with van der Waals surface area (Å²) < 4.78 is 11.1. The largest absolute Gasteiger partial charge is 0.462 e. The van der Waals surface area contributed by atoms with Crippen LogP contribution in [0, 0.1) is 22.7 Å². The Labute approximate surface area is 169 Å². The molecule has 0 aromatic heterocycles. The van der Waals surface area contributed by atoms with Crippen molar-refractivity contribution in [2.24, 2.45) is 22.7 Å². The molecular formula is C22H28O7. The van der Waals surface area contributed by atoms with Crippen molar-refractivity contribution in [2.45, 2.75) is 71.4 Å². The highest BCUT2D eigenvalue weighted by Gasteiger charge is 2.71. The molecule has 0 unspecified atom stereocenters. The van der Waals surface area contributed by atoms with Crippen molar-refractivity contribution in [1.82, 2.24) is 0 Å². The number of aliphatic hydroxyl groups is 2. The Morgan fingerprint density at radius 1 is 1.28 bits per heavy atom. The topological polar surface area (TPSA) is 110 Å². The molecule has 7 atom stereocenters. The fourth-order valence-corrected chi connectivity index (χ4v) is 6.61. The zero-order valence-corrected chi connectivity index (χ0v) is 17.4. The van der Waals surface area contributed by atoms with E-state index < -0.39 is 58.5 Å². The van der Waals surface area contributed by atoms with Gasteiger partial charge in [0.05, 0.1) is 0 Å². The van der Waals surface area contributed by atoms with E-state index in [2.05, 4.69) is 0 Å². The van der Waals surface area contributed by atoms with Crippen molar-refractivity contribution in [2.75, 3.05) is 0 Å². The molecule has 29 heavy (non-hydrogen) atoms.